The van der Waals surface area contributed by atoms with Crippen LogP contribution in [-0.2, 0) is 14.3 Å². The van der Waals surface area contributed by atoms with Gasteiger partial charge in [-0.05, 0) is 6.92 Å². The highest BCUT2D eigenvalue weighted by Gasteiger charge is 2.25. The first-order valence-electron chi connectivity index (χ1n) is 4.17. The van der Waals surface area contributed by atoms with Crippen LogP contribution in [0.2, 0.25) is 0 Å². The maximum absolute atomic E-state index is 10.9. The van der Waals surface area contributed by atoms with Gasteiger partial charge in [-0.2, -0.15) is 0 Å². The van der Waals surface area contributed by atoms with Crippen molar-refractivity contribution in [2.75, 3.05) is 13.2 Å². The van der Waals surface area contributed by atoms with Gasteiger partial charge in [0.2, 0.25) is 0 Å². The molecule has 0 aliphatic carbocycles. The first-order valence-corrected chi connectivity index (χ1v) is 4.17. The van der Waals surface area contributed by atoms with Crippen molar-refractivity contribution in [1.29, 1.82) is 0 Å². The minimum absolute atomic E-state index is 0.154. The minimum atomic E-state index is -0.413. The van der Waals surface area contributed by atoms with Gasteiger partial charge in [0.1, 0.15) is 0 Å². The van der Waals surface area contributed by atoms with Gasteiger partial charge in [0.25, 0.3) is 0 Å². The van der Waals surface area contributed by atoms with Crippen LogP contribution in [0.4, 0.5) is 0 Å². The van der Waals surface area contributed by atoms with E-state index < -0.39 is 6.10 Å². The van der Waals surface area contributed by atoms with Gasteiger partial charge >= 0.3 is 5.97 Å². The number of hydrogen-bond acceptors (Lipinski definition) is 4. The third-order valence-electron chi connectivity index (χ3n) is 1.76. The van der Waals surface area contributed by atoms with E-state index in [9.17, 15) is 4.79 Å². The Labute approximate surface area is 71.5 Å². The number of ether oxygens (including phenoxy) is 2. The van der Waals surface area contributed by atoms with Gasteiger partial charge in [-0.25, -0.2) is 0 Å². The Morgan fingerprint density at radius 1 is 1.75 bits per heavy atom. The first-order chi connectivity index (χ1) is 5.72. The van der Waals surface area contributed by atoms with Gasteiger partial charge in [0, 0.05) is 6.42 Å². The Balaban J connectivity index is 2.18. The SMILES string of the molecule is CCOC(=O)CC1C[C@H](O)CO1. The monoisotopic (exact) mass is 174 g/mol. The molecule has 0 saturated carbocycles. The van der Waals surface area contributed by atoms with Crippen molar-refractivity contribution in [2.45, 2.75) is 32.0 Å². The predicted octanol–water partition coefficient (Wildman–Crippen LogP) is 0.0894. The van der Waals surface area contributed by atoms with Crippen LogP contribution in [0.3, 0.4) is 0 Å². The smallest absolute Gasteiger partial charge is 0.308 e. The molecular weight excluding hydrogens is 160 g/mol. The number of aliphatic hydroxyl groups is 1. The Kier molecular flexibility index (Phi) is 3.49. The molecule has 12 heavy (non-hydrogen) atoms. The molecule has 1 saturated heterocycles. The Morgan fingerprint density at radius 2 is 2.50 bits per heavy atom. The second-order valence-electron chi connectivity index (χ2n) is 2.85. The Bertz CT molecular complexity index is 157. The highest BCUT2D eigenvalue weighted by Crippen LogP contribution is 2.16. The molecule has 70 valence electrons. The summed E-state index contributed by atoms with van der Waals surface area (Å²) in [6.07, 6.45) is 0.229. The fraction of sp³-hybridized carbons (Fsp3) is 0.875. The summed E-state index contributed by atoms with van der Waals surface area (Å²) in [5, 5.41) is 9.07. The van der Waals surface area contributed by atoms with Gasteiger partial charge in [-0.15, -0.1) is 0 Å². The largest absolute Gasteiger partial charge is 0.466 e. The van der Waals surface area contributed by atoms with Crippen LogP contribution in [0.15, 0.2) is 0 Å². The average Bonchev–Trinajstić information content (AvgIpc) is 2.36. The number of esters is 1. The summed E-state index contributed by atoms with van der Waals surface area (Å²) in [6, 6.07) is 0. The molecule has 0 amide bonds. The molecule has 1 N–H and O–H groups in total. The van der Waals surface area contributed by atoms with Crippen LogP contribution in [0.1, 0.15) is 19.8 Å². The van der Waals surface area contributed by atoms with E-state index in [1.165, 1.54) is 0 Å². The number of rotatable bonds is 3. The highest BCUT2D eigenvalue weighted by atomic mass is 16.5. The van der Waals surface area contributed by atoms with E-state index in [0.717, 1.165) is 0 Å². The second-order valence-corrected chi connectivity index (χ2v) is 2.85. The van der Waals surface area contributed by atoms with Crippen molar-refractivity contribution in [3.63, 3.8) is 0 Å². The van der Waals surface area contributed by atoms with Gasteiger partial charge in [0.05, 0.1) is 31.8 Å². The van der Waals surface area contributed by atoms with Crippen molar-refractivity contribution in [1.82, 2.24) is 0 Å². The molecule has 0 radical (unpaired) electrons. The van der Waals surface area contributed by atoms with Crippen LogP contribution < -0.4 is 0 Å². The Morgan fingerprint density at radius 3 is 3.00 bits per heavy atom. The molecule has 4 heteroatoms. The first kappa shape index (κ1) is 9.48. The lowest BCUT2D eigenvalue weighted by Gasteiger charge is -2.07. The molecule has 1 aliphatic heterocycles. The number of carbonyl (C=O) groups is 1. The maximum Gasteiger partial charge on any atom is 0.308 e. The zero-order valence-corrected chi connectivity index (χ0v) is 7.16. The summed E-state index contributed by atoms with van der Waals surface area (Å²) in [5.41, 5.74) is 0. The van der Waals surface area contributed by atoms with Crippen molar-refractivity contribution in [2.24, 2.45) is 0 Å². The number of hydrogen-bond donors (Lipinski definition) is 1. The topological polar surface area (TPSA) is 55.8 Å². The third kappa shape index (κ3) is 2.79. The molecule has 1 unspecified atom stereocenters. The second kappa shape index (κ2) is 4.42. The highest BCUT2D eigenvalue weighted by molar-refractivity contribution is 5.69. The van der Waals surface area contributed by atoms with Crippen molar-refractivity contribution < 1.29 is 19.4 Å². The van der Waals surface area contributed by atoms with Crippen LogP contribution in [0.25, 0.3) is 0 Å². The van der Waals surface area contributed by atoms with E-state index in [2.05, 4.69) is 0 Å². The zero-order chi connectivity index (χ0) is 8.97. The van der Waals surface area contributed by atoms with Crippen molar-refractivity contribution >= 4 is 5.97 Å². The molecule has 1 fully saturated rings. The van der Waals surface area contributed by atoms with Crippen molar-refractivity contribution in [3.05, 3.63) is 0 Å². The molecule has 2 atom stereocenters. The fourth-order valence-electron chi connectivity index (χ4n) is 1.23. The quantitative estimate of drug-likeness (QED) is 0.616. The lowest BCUT2D eigenvalue weighted by Crippen LogP contribution is -2.15. The molecule has 1 aliphatic rings. The predicted molar refractivity (Wildman–Crippen MR) is 41.6 cm³/mol. The lowest BCUT2D eigenvalue weighted by molar-refractivity contribution is -0.145. The van der Waals surface area contributed by atoms with E-state index in [1.54, 1.807) is 6.92 Å². The van der Waals surface area contributed by atoms with Crippen LogP contribution in [0, 0.1) is 0 Å². The van der Waals surface area contributed by atoms with Gasteiger partial charge < -0.3 is 14.6 Å². The fourth-order valence-corrected chi connectivity index (χ4v) is 1.23. The molecule has 0 aromatic carbocycles. The summed E-state index contributed by atoms with van der Waals surface area (Å²) in [7, 11) is 0. The van der Waals surface area contributed by atoms with E-state index in [0.29, 0.717) is 19.6 Å². The van der Waals surface area contributed by atoms with Gasteiger partial charge in [0.15, 0.2) is 0 Å². The van der Waals surface area contributed by atoms with E-state index >= 15 is 0 Å². The molecule has 0 bridgehead atoms. The molecule has 0 spiro atoms. The summed E-state index contributed by atoms with van der Waals surface area (Å²) in [6.45, 7) is 2.50. The van der Waals surface area contributed by atoms with Crippen LogP contribution in [0.5, 0.6) is 0 Å². The molecule has 1 heterocycles. The molecule has 4 nitrogen and oxygen atoms in total. The van der Waals surface area contributed by atoms with E-state index in [-0.39, 0.29) is 18.5 Å². The molecular formula is C8H14O4. The number of aliphatic hydroxyl groups excluding tert-OH is 1. The molecule has 0 aromatic rings. The van der Waals surface area contributed by atoms with E-state index in [1.807, 2.05) is 0 Å². The van der Waals surface area contributed by atoms with Gasteiger partial charge in [-0.1, -0.05) is 0 Å². The zero-order valence-electron chi connectivity index (χ0n) is 7.16. The van der Waals surface area contributed by atoms with Crippen LogP contribution >= 0.6 is 0 Å². The number of carbonyl (C=O) groups excluding carboxylic acids is 1. The van der Waals surface area contributed by atoms with Crippen molar-refractivity contribution in [3.8, 4) is 0 Å². The third-order valence-corrected chi connectivity index (χ3v) is 1.76. The Hall–Kier alpha value is -0.610. The standard InChI is InChI=1S/C8H14O4/c1-2-11-8(10)4-7-3-6(9)5-12-7/h6-7,9H,2-5H2,1H3/t6-,7?/m0/s1. The minimum Gasteiger partial charge on any atom is -0.466 e. The molecule has 0 aromatic heterocycles. The van der Waals surface area contributed by atoms with Gasteiger partial charge in [-0.3, -0.25) is 4.79 Å². The average molecular weight is 174 g/mol. The summed E-state index contributed by atoms with van der Waals surface area (Å²) in [5.74, 6) is -0.253. The lowest BCUT2D eigenvalue weighted by atomic mass is 10.1. The van der Waals surface area contributed by atoms with E-state index in [4.69, 9.17) is 14.6 Å². The molecule has 1 rings (SSSR count). The summed E-state index contributed by atoms with van der Waals surface area (Å²) >= 11 is 0. The van der Waals surface area contributed by atoms with Crippen LogP contribution in [-0.4, -0.2) is 36.5 Å². The summed E-state index contributed by atoms with van der Waals surface area (Å²) in [4.78, 5) is 10.9. The normalized spacial score (nSPS) is 28.8. The maximum atomic E-state index is 10.9. The summed E-state index contributed by atoms with van der Waals surface area (Å²) < 4.78 is 9.87.